The van der Waals surface area contributed by atoms with E-state index >= 15 is 0 Å². The maximum absolute atomic E-state index is 13.0. The minimum Gasteiger partial charge on any atom is -0.494 e. The Labute approximate surface area is 360 Å². The topological polar surface area (TPSA) is 113 Å². The van der Waals surface area contributed by atoms with Crippen LogP contribution in [0.15, 0.2) is 131 Å². The smallest absolute Gasteiger partial charge is 0.343 e. The normalized spacial score (nSPS) is 11.7. The zero-order chi connectivity index (χ0) is 43.1. The van der Waals surface area contributed by atoms with Gasteiger partial charge in [0.15, 0.2) is 0 Å². The van der Waals surface area contributed by atoms with Gasteiger partial charge in [-0.1, -0.05) is 102 Å². The van der Waals surface area contributed by atoms with Crippen molar-refractivity contribution in [2.45, 2.75) is 104 Å². The Morgan fingerprint density at radius 1 is 0.508 bits per heavy atom. The average Bonchev–Trinajstić information content (AvgIpc) is 3.28. The van der Waals surface area contributed by atoms with Gasteiger partial charge in [-0.25, -0.2) is 14.4 Å². The van der Waals surface area contributed by atoms with Gasteiger partial charge in [-0.15, -0.1) is 0 Å². The third kappa shape index (κ3) is 16.3. The quantitative estimate of drug-likeness (QED) is 0.0263. The van der Waals surface area contributed by atoms with Crippen LogP contribution in [0.3, 0.4) is 0 Å². The van der Waals surface area contributed by atoms with Gasteiger partial charge in [0.05, 0.1) is 40.8 Å². The van der Waals surface area contributed by atoms with Gasteiger partial charge in [-0.3, -0.25) is 9.98 Å². The van der Waals surface area contributed by atoms with Crippen molar-refractivity contribution >= 4 is 41.7 Å². The number of aliphatic imine (C=N–C) groups is 2. The summed E-state index contributed by atoms with van der Waals surface area (Å²) in [7, 11) is 0. The highest BCUT2D eigenvalue weighted by Gasteiger charge is 2.14. The van der Waals surface area contributed by atoms with Crippen LogP contribution in [-0.4, -0.2) is 43.0 Å². The van der Waals surface area contributed by atoms with Crippen molar-refractivity contribution in [3.8, 4) is 17.2 Å². The highest BCUT2D eigenvalue weighted by molar-refractivity contribution is 5.94. The zero-order valence-electron chi connectivity index (χ0n) is 35.7. The van der Waals surface area contributed by atoms with Crippen LogP contribution < -0.4 is 14.2 Å². The molecule has 0 saturated carbocycles. The Hall–Kier alpha value is -6.35. The van der Waals surface area contributed by atoms with E-state index < -0.39 is 11.9 Å². The highest BCUT2D eigenvalue weighted by atomic mass is 16.5. The minimum absolute atomic E-state index is 0.125. The Bertz CT molecular complexity index is 2160. The van der Waals surface area contributed by atoms with E-state index in [4.69, 9.17) is 18.9 Å². The monoisotopic (exact) mass is 822 g/mol. The SMILES string of the molecule is CCCCCCCCCOc1ccc(/N=C/c2ccc(C(=O)Oc3cccc(OC(=O)c4ccc(/C=N/c5ccc(C(=O)OC(C)CCCCCC)cc5)cc4)c3)cc2)cc1. The van der Waals surface area contributed by atoms with E-state index in [1.165, 1.54) is 57.4 Å². The fourth-order valence-corrected chi connectivity index (χ4v) is 6.37. The molecule has 0 heterocycles. The van der Waals surface area contributed by atoms with Gasteiger partial charge in [0.2, 0.25) is 0 Å². The third-order valence-corrected chi connectivity index (χ3v) is 9.97. The molecule has 5 rings (SSSR count). The lowest BCUT2D eigenvalue weighted by atomic mass is 10.1. The summed E-state index contributed by atoms with van der Waals surface area (Å²) >= 11 is 0. The molecule has 1 atom stereocenters. The number of hydrogen-bond acceptors (Lipinski definition) is 9. The maximum Gasteiger partial charge on any atom is 0.343 e. The molecule has 5 aromatic carbocycles. The van der Waals surface area contributed by atoms with Gasteiger partial charge >= 0.3 is 17.9 Å². The first-order chi connectivity index (χ1) is 29.8. The summed E-state index contributed by atoms with van der Waals surface area (Å²) in [4.78, 5) is 47.5. The molecule has 9 heteroatoms. The van der Waals surface area contributed by atoms with Gasteiger partial charge in [0.1, 0.15) is 17.2 Å². The number of nitrogens with zero attached hydrogens (tertiary/aromatic N) is 2. The van der Waals surface area contributed by atoms with Crippen LogP contribution in [0.1, 0.15) is 140 Å². The number of rotatable bonds is 24. The molecule has 0 bridgehead atoms. The Morgan fingerprint density at radius 2 is 0.951 bits per heavy atom. The standard InChI is InChI=1S/C52H58N2O7/c1-4-6-8-10-11-12-14-35-58-47-33-31-46(32-34-47)54-38-41-21-25-43(26-22-41)52(57)61-49-18-15-17-48(36-49)60-51(56)42-23-19-40(20-24-42)37-53-45-29-27-44(28-30-45)50(55)59-39(3)16-13-9-7-5-2/h15,17-34,36-39H,4-14,16,35H2,1-3H3/b53-37+,54-38+. The molecule has 0 spiro atoms. The summed E-state index contributed by atoms with van der Waals surface area (Å²) in [5.41, 5.74) is 4.26. The molecule has 0 amide bonds. The lowest BCUT2D eigenvalue weighted by Crippen LogP contribution is -2.14. The second-order valence-corrected chi connectivity index (χ2v) is 15.1. The molecule has 1 unspecified atom stereocenters. The van der Waals surface area contributed by atoms with E-state index in [0.29, 0.717) is 22.4 Å². The molecule has 0 aliphatic carbocycles. The largest absolute Gasteiger partial charge is 0.494 e. The lowest BCUT2D eigenvalue weighted by Gasteiger charge is -2.13. The summed E-state index contributed by atoms with van der Waals surface area (Å²) in [5.74, 6) is -0.147. The summed E-state index contributed by atoms with van der Waals surface area (Å²) in [5, 5.41) is 0. The zero-order valence-corrected chi connectivity index (χ0v) is 35.7. The predicted molar refractivity (Wildman–Crippen MR) is 244 cm³/mol. The molecule has 0 aliphatic rings. The number of esters is 3. The second-order valence-electron chi connectivity index (χ2n) is 15.1. The van der Waals surface area contributed by atoms with E-state index in [9.17, 15) is 14.4 Å². The number of carbonyl (C=O) groups is 3. The Balaban J connectivity index is 1.04. The predicted octanol–water partition coefficient (Wildman–Crippen LogP) is 13.3. The van der Waals surface area contributed by atoms with Crippen LogP contribution in [0.5, 0.6) is 17.2 Å². The molecule has 0 saturated heterocycles. The van der Waals surface area contributed by atoms with Crippen molar-refractivity contribution in [1.29, 1.82) is 0 Å². The molecular formula is C52H58N2O7. The molecule has 0 radical (unpaired) electrons. The summed E-state index contributed by atoms with van der Waals surface area (Å²) < 4.78 is 22.6. The fraction of sp³-hybridized carbons (Fsp3) is 0.327. The van der Waals surface area contributed by atoms with Crippen LogP contribution >= 0.6 is 0 Å². The van der Waals surface area contributed by atoms with E-state index in [1.54, 1.807) is 103 Å². The molecule has 9 nitrogen and oxygen atoms in total. The van der Waals surface area contributed by atoms with Crippen molar-refractivity contribution < 1.29 is 33.3 Å². The molecule has 318 valence electrons. The van der Waals surface area contributed by atoms with Gasteiger partial charge in [0.25, 0.3) is 0 Å². The van der Waals surface area contributed by atoms with E-state index in [1.807, 2.05) is 31.2 Å². The van der Waals surface area contributed by atoms with Crippen molar-refractivity contribution in [3.05, 3.63) is 149 Å². The van der Waals surface area contributed by atoms with Crippen molar-refractivity contribution in [1.82, 2.24) is 0 Å². The van der Waals surface area contributed by atoms with Crippen molar-refractivity contribution in [2.24, 2.45) is 9.98 Å². The van der Waals surface area contributed by atoms with E-state index in [2.05, 4.69) is 23.8 Å². The number of hydrogen-bond donors (Lipinski definition) is 0. The Kier molecular flexibility index (Phi) is 19.0. The lowest BCUT2D eigenvalue weighted by molar-refractivity contribution is 0.0319. The van der Waals surface area contributed by atoms with Gasteiger partial charge < -0.3 is 18.9 Å². The molecule has 5 aromatic rings. The third-order valence-electron chi connectivity index (χ3n) is 9.97. The van der Waals surface area contributed by atoms with Crippen LogP contribution in [-0.2, 0) is 4.74 Å². The highest BCUT2D eigenvalue weighted by Crippen LogP contribution is 2.23. The van der Waals surface area contributed by atoms with Crippen LogP contribution in [0.25, 0.3) is 0 Å². The Morgan fingerprint density at radius 3 is 1.48 bits per heavy atom. The molecule has 61 heavy (non-hydrogen) atoms. The van der Waals surface area contributed by atoms with Crippen LogP contribution in [0.2, 0.25) is 0 Å². The van der Waals surface area contributed by atoms with Crippen molar-refractivity contribution in [3.63, 3.8) is 0 Å². The van der Waals surface area contributed by atoms with Crippen LogP contribution in [0.4, 0.5) is 11.4 Å². The summed E-state index contributed by atoms with van der Waals surface area (Å²) in [6.07, 6.45) is 17.5. The maximum atomic E-state index is 13.0. The van der Waals surface area contributed by atoms with E-state index in [-0.39, 0.29) is 23.6 Å². The first kappa shape index (κ1) is 45.7. The van der Waals surface area contributed by atoms with E-state index in [0.717, 1.165) is 54.9 Å². The molecule has 0 fully saturated rings. The minimum atomic E-state index is -0.565. The first-order valence-electron chi connectivity index (χ1n) is 21.7. The molecule has 0 aliphatic heterocycles. The van der Waals surface area contributed by atoms with Crippen LogP contribution in [0, 0.1) is 0 Å². The van der Waals surface area contributed by atoms with Gasteiger partial charge in [-0.2, -0.15) is 0 Å². The first-order valence-corrected chi connectivity index (χ1v) is 21.7. The van der Waals surface area contributed by atoms with Crippen molar-refractivity contribution in [2.75, 3.05) is 6.61 Å². The number of unbranched alkanes of at least 4 members (excludes halogenated alkanes) is 9. The number of carbonyl (C=O) groups excluding carboxylic acids is 3. The van der Waals surface area contributed by atoms with Gasteiger partial charge in [-0.05, 0) is 122 Å². The van der Waals surface area contributed by atoms with Gasteiger partial charge in [0, 0.05) is 18.5 Å². The summed E-state index contributed by atoms with van der Waals surface area (Å²) in [6.45, 7) is 7.06. The fourth-order valence-electron chi connectivity index (χ4n) is 6.37. The molecule has 0 aromatic heterocycles. The second kappa shape index (κ2) is 25.3. The summed E-state index contributed by atoms with van der Waals surface area (Å²) in [6, 6.07) is 34.8. The molecular weight excluding hydrogens is 765 g/mol. The average molecular weight is 823 g/mol. The molecule has 0 N–H and O–H groups in total. The number of ether oxygens (including phenoxy) is 4. The number of benzene rings is 5.